The van der Waals surface area contributed by atoms with Gasteiger partial charge < -0.3 is 0 Å². The summed E-state index contributed by atoms with van der Waals surface area (Å²) < 4.78 is 3.68. The van der Waals surface area contributed by atoms with Crippen molar-refractivity contribution in [2.45, 2.75) is 19.8 Å². The molecule has 8 heavy (non-hydrogen) atoms. The molecule has 0 saturated carbocycles. The maximum absolute atomic E-state index is 5.42. The van der Waals surface area contributed by atoms with E-state index in [4.69, 9.17) is 11.6 Å². The Hall–Kier alpha value is 0.310. The van der Waals surface area contributed by atoms with Gasteiger partial charge in [-0.25, -0.2) is 4.40 Å². The lowest BCUT2D eigenvalue weighted by atomic mass is 10.2. The predicted octanol–water partition coefficient (Wildman–Crippen LogP) is 2.31. The molecule has 0 fully saturated rings. The molecule has 48 valence electrons. The van der Waals surface area contributed by atoms with Gasteiger partial charge in [0.2, 0.25) is 0 Å². The van der Waals surface area contributed by atoms with Gasteiger partial charge in [0.15, 0.2) is 0 Å². The molecule has 1 nitrogen and oxygen atoms in total. The van der Waals surface area contributed by atoms with Crippen LogP contribution in [0.4, 0.5) is 0 Å². The van der Waals surface area contributed by atoms with E-state index in [1.807, 2.05) is 6.92 Å². The Balaban J connectivity index is 3.12. The number of hydrogen-bond donors (Lipinski definition) is 1. The molecule has 0 rings (SSSR count). The summed E-state index contributed by atoms with van der Waals surface area (Å²) in [6.07, 6.45) is 1.96. The van der Waals surface area contributed by atoms with Crippen LogP contribution in [0.5, 0.6) is 0 Å². The van der Waals surface area contributed by atoms with Gasteiger partial charge in [-0.15, -0.1) is 11.6 Å². The Kier molecular flexibility index (Phi) is 5.66. The highest BCUT2D eigenvalue weighted by atomic mass is 35.5. The molecule has 0 radical (unpaired) electrons. The number of rotatable bonds is 3. The lowest BCUT2D eigenvalue weighted by Crippen LogP contribution is -1.88. The maximum atomic E-state index is 5.42. The first-order valence-corrected chi connectivity index (χ1v) is 3.48. The van der Waals surface area contributed by atoms with Crippen LogP contribution in [0.2, 0.25) is 0 Å². The van der Waals surface area contributed by atoms with Crippen molar-refractivity contribution in [2.75, 3.05) is 5.88 Å². The first-order chi connectivity index (χ1) is 3.81. The number of halogens is 1. The zero-order valence-electron chi connectivity index (χ0n) is 4.89. The van der Waals surface area contributed by atoms with E-state index in [0.29, 0.717) is 5.88 Å². The first kappa shape index (κ1) is 8.31. The van der Waals surface area contributed by atoms with Crippen LogP contribution < -0.4 is 0 Å². The summed E-state index contributed by atoms with van der Waals surface area (Å²) in [5.74, 6) is 0.709. The van der Waals surface area contributed by atoms with Gasteiger partial charge in [-0.1, -0.05) is 0 Å². The van der Waals surface area contributed by atoms with Crippen molar-refractivity contribution in [1.29, 1.82) is 0 Å². The maximum Gasteiger partial charge on any atom is 0.0228 e. The van der Waals surface area contributed by atoms with E-state index in [2.05, 4.69) is 17.2 Å². The van der Waals surface area contributed by atoms with E-state index < -0.39 is 0 Å². The molecule has 0 aromatic rings. The van der Waals surface area contributed by atoms with Crippen molar-refractivity contribution in [1.82, 2.24) is 0 Å². The van der Waals surface area contributed by atoms with Crippen molar-refractivity contribution >= 4 is 30.1 Å². The summed E-state index contributed by atoms with van der Waals surface area (Å²) in [5, 5.41) is 0. The van der Waals surface area contributed by atoms with Gasteiger partial charge in [-0.05, 0) is 32.6 Å². The highest BCUT2D eigenvalue weighted by Crippen LogP contribution is 1.95. The van der Waals surface area contributed by atoms with Crippen molar-refractivity contribution in [3.63, 3.8) is 0 Å². The van der Waals surface area contributed by atoms with Gasteiger partial charge >= 0.3 is 0 Å². The second-order valence-corrected chi connectivity index (χ2v) is 2.21. The summed E-state index contributed by atoms with van der Waals surface area (Å²) in [7, 11) is 0. The molecule has 3 heteroatoms. The van der Waals surface area contributed by atoms with E-state index in [-0.39, 0.29) is 0 Å². The van der Waals surface area contributed by atoms with Crippen LogP contribution in [0.25, 0.3) is 0 Å². The molecule has 0 amide bonds. The highest BCUT2D eigenvalue weighted by molar-refractivity contribution is 7.79. The number of thiol groups is 1. The molecule has 0 aromatic heterocycles. The summed E-state index contributed by atoms with van der Waals surface area (Å²) in [4.78, 5) is 0. The van der Waals surface area contributed by atoms with Gasteiger partial charge in [0.05, 0.1) is 0 Å². The zero-order valence-corrected chi connectivity index (χ0v) is 6.54. The molecule has 0 heterocycles. The summed E-state index contributed by atoms with van der Waals surface area (Å²) >= 11 is 9.16. The van der Waals surface area contributed by atoms with E-state index in [9.17, 15) is 0 Å². The van der Waals surface area contributed by atoms with Gasteiger partial charge in [0, 0.05) is 11.6 Å². The minimum atomic E-state index is 0.709. The van der Waals surface area contributed by atoms with Gasteiger partial charge in [-0.2, -0.15) is 0 Å². The van der Waals surface area contributed by atoms with Crippen LogP contribution in [0, 0.1) is 0 Å². The Morgan fingerprint density at radius 1 is 1.75 bits per heavy atom. The van der Waals surface area contributed by atoms with E-state index in [0.717, 1.165) is 18.6 Å². The number of nitrogens with zero attached hydrogens (tertiary/aromatic N) is 1. The third kappa shape index (κ3) is 4.47. The number of hydrogen-bond acceptors (Lipinski definition) is 2. The van der Waals surface area contributed by atoms with Crippen molar-refractivity contribution in [3.05, 3.63) is 0 Å². The Morgan fingerprint density at radius 3 is 2.75 bits per heavy atom. The third-order valence-corrected chi connectivity index (χ3v) is 1.45. The molecule has 0 bridgehead atoms. The van der Waals surface area contributed by atoms with Gasteiger partial charge in [0.1, 0.15) is 0 Å². The second kappa shape index (κ2) is 5.45. The largest absolute Gasteiger partial charge is 0.229 e. The fourth-order valence-electron chi connectivity index (χ4n) is 0.373. The number of alkyl halides is 1. The minimum absolute atomic E-state index is 0.709. The van der Waals surface area contributed by atoms with E-state index in [1.165, 1.54) is 0 Å². The summed E-state index contributed by atoms with van der Waals surface area (Å²) in [6, 6.07) is 0. The average molecular weight is 152 g/mol. The first-order valence-electron chi connectivity index (χ1n) is 2.54. The second-order valence-electron chi connectivity index (χ2n) is 1.63. The van der Waals surface area contributed by atoms with Crippen LogP contribution in [0.3, 0.4) is 0 Å². The van der Waals surface area contributed by atoms with Crippen LogP contribution >= 0.6 is 24.4 Å². The zero-order chi connectivity index (χ0) is 6.41. The van der Waals surface area contributed by atoms with Crippen LogP contribution in [0.1, 0.15) is 19.8 Å². The van der Waals surface area contributed by atoms with Crippen LogP contribution in [-0.2, 0) is 0 Å². The molecule has 0 spiro atoms. The molecule has 0 saturated heterocycles. The van der Waals surface area contributed by atoms with Crippen molar-refractivity contribution in [3.8, 4) is 0 Å². The molecule has 0 aliphatic carbocycles. The third-order valence-electron chi connectivity index (χ3n) is 0.843. The van der Waals surface area contributed by atoms with Gasteiger partial charge in [0.25, 0.3) is 0 Å². The topological polar surface area (TPSA) is 12.4 Å². The molecule has 0 unspecified atom stereocenters. The normalized spacial score (nSPS) is 12.1. The molecule has 0 N–H and O–H groups in total. The lowest BCUT2D eigenvalue weighted by Gasteiger charge is -1.91. The quantitative estimate of drug-likeness (QED) is 0.361. The molecule has 0 aliphatic rings. The SMILES string of the molecule is C/C(CCCCl)=N\S. The smallest absolute Gasteiger partial charge is 0.0228 e. The Labute approximate surface area is 60.7 Å². The van der Waals surface area contributed by atoms with Crippen molar-refractivity contribution in [2.24, 2.45) is 4.40 Å². The average Bonchev–Trinajstić information content (AvgIpc) is 1.83. The van der Waals surface area contributed by atoms with Crippen LogP contribution in [-0.4, -0.2) is 11.6 Å². The standard InChI is InChI=1S/C5H10ClNS/c1-5(7-8)3-2-4-6/h8H,2-4H2,1H3/b7-5+. The minimum Gasteiger partial charge on any atom is -0.229 e. The summed E-state index contributed by atoms with van der Waals surface area (Å²) in [6.45, 7) is 1.94. The fourth-order valence-corrected chi connectivity index (χ4v) is 0.606. The lowest BCUT2D eigenvalue weighted by molar-refractivity contribution is 1.000. The van der Waals surface area contributed by atoms with E-state index >= 15 is 0 Å². The Morgan fingerprint density at radius 2 is 2.38 bits per heavy atom. The van der Waals surface area contributed by atoms with Crippen molar-refractivity contribution < 1.29 is 0 Å². The molecule has 0 atom stereocenters. The predicted molar refractivity (Wildman–Crippen MR) is 42.0 cm³/mol. The van der Waals surface area contributed by atoms with Gasteiger partial charge in [-0.3, -0.25) is 0 Å². The highest BCUT2D eigenvalue weighted by Gasteiger charge is 1.87. The Bertz CT molecular complexity index is 82.5. The molecular weight excluding hydrogens is 142 g/mol. The van der Waals surface area contributed by atoms with E-state index in [1.54, 1.807) is 0 Å². The molecule has 0 aromatic carbocycles. The summed E-state index contributed by atoms with van der Waals surface area (Å²) in [5.41, 5.74) is 1.05. The monoisotopic (exact) mass is 151 g/mol. The molecule has 0 aliphatic heterocycles. The van der Waals surface area contributed by atoms with Crippen LogP contribution in [0.15, 0.2) is 4.40 Å². The molecular formula is C5H10ClNS. The fraction of sp³-hybridized carbons (Fsp3) is 0.800.